The second kappa shape index (κ2) is 7.96. The molecule has 2 unspecified atom stereocenters. The van der Waals surface area contributed by atoms with Gasteiger partial charge in [0.2, 0.25) is 5.89 Å². The van der Waals surface area contributed by atoms with E-state index in [4.69, 9.17) is 9.15 Å². The van der Waals surface area contributed by atoms with Crippen molar-refractivity contribution in [2.24, 2.45) is 0 Å². The molecule has 2 fully saturated rings. The quantitative estimate of drug-likeness (QED) is 0.674. The number of nitrogens with one attached hydrogen (secondary N) is 1. The molecule has 0 aliphatic carbocycles. The Kier molecular flexibility index (Phi) is 5.14. The Labute approximate surface area is 180 Å². The number of oxazole rings is 1. The van der Waals surface area contributed by atoms with Crippen LogP contribution in [0.1, 0.15) is 42.5 Å². The van der Waals surface area contributed by atoms with E-state index in [9.17, 15) is 9.18 Å². The third-order valence-electron chi connectivity index (χ3n) is 6.72. The fraction of sp³-hybridized carbons (Fsp3) is 0.417. The molecule has 0 radical (unpaired) electrons. The van der Waals surface area contributed by atoms with Gasteiger partial charge in [0.05, 0.1) is 18.2 Å². The maximum Gasteiger partial charge on any atom is 0.253 e. The van der Waals surface area contributed by atoms with Crippen molar-refractivity contribution in [2.45, 2.75) is 50.2 Å². The number of hydrogen-bond acceptors (Lipinski definition) is 5. The summed E-state index contributed by atoms with van der Waals surface area (Å²) in [5, 5.41) is 3.14. The Morgan fingerprint density at radius 1 is 1.23 bits per heavy atom. The highest BCUT2D eigenvalue weighted by Gasteiger charge is 2.36. The second-order valence-electron chi connectivity index (χ2n) is 8.57. The van der Waals surface area contributed by atoms with E-state index in [0.717, 1.165) is 25.7 Å². The predicted octanol–water partition coefficient (Wildman–Crippen LogP) is 4.39. The molecule has 3 heterocycles. The highest BCUT2D eigenvalue weighted by Crippen LogP contribution is 2.34. The van der Waals surface area contributed by atoms with Crippen LogP contribution >= 0.6 is 0 Å². The average molecular weight is 423 g/mol. The number of benzene rings is 2. The highest BCUT2D eigenvalue weighted by molar-refractivity contribution is 6.05. The molecule has 1 amide bonds. The molecule has 0 saturated carbocycles. The molecule has 6 nitrogen and oxygen atoms in total. The summed E-state index contributed by atoms with van der Waals surface area (Å²) in [4.78, 5) is 20.1. The molecule has 2 aliphatic rings. The van der Waals surface area contributed by atoms with Gasteiger partial charge in [0, 0.05) is 24.2 Å². The largest absolute Gasteiger partial charge is 0.496 e. The minimum Gasteiger partial charge on any atom is -0.496 e. The van der Waals surface area contributed by atoms with Crippen LogP contribution in [0.3, 0.4) is 0 Å². The van der Waals surface area contributed by atoms with E-state index in [-0.39, 0.29) is 23.1 Å². The van der Waals surface area contributed by atoms with Gasteiger partial charge in [0.15, 0.2) is 5.58 Å². The van der Waals surface area contributed by atoms with E-state index in [2.05, 4.69) is 22.2 Å². The lowest BCUT2D eigenvalue weighted by Crippen LogP contribution is -2.55. The van der Waals surface area contributed by atoms with Gasteiger partial charge in [-0.3, -0.25) is 4.79 Å². The van der Waals surface area contributed by atoms with Crippen LogP contribution < -0.4 is 10.1 Å². The number of hydrogen-bond donors (Lipinski definition) is 1. The smallest absolute Gasteiger partial charge is 0.253 e. The number of ether oxygens (including phenoxy) is 1. The number of rotatable bonds is 4. The number of carbonyl (C=O) groups is 1. The molecule has 2 saturated heterocycles. The van der Waals surface area contributed by atoms with E-state index in [1.54, 1.807) is 13.2 Å². The summed E-state index contributed by atoms with van der Waals surface area (Å²) in [5.41, 5.74) is 1.44. The predicted molar refractivity (Wildman–Crippen MR) is 116 cm³/mol. The first-order valence-corrected chi connectivity index (χ1v) is 10.8. The summed E-state index contributed by atoms with van der Waals surface area (Å²) in [5.74, 6) is 0.0527. The number of methoxy groups -OCH3 is 1. The molecule has 0 spiro atoms. The van der Waals surface area contributed by atoms with Crippen molar-refractivity contribution in [2.75, 3.05) is 14.2 Å². The van der Waals surface area contributed by atoms with E-state index in [1.807, 2.05) is 18.2 Å². The maximum atomic E-state index is 14.3. The number of para-hydroxylation sites is 1. The van der Waals surface area contributed by atoms with Crippen LogP contribution in [0.25, 0.3) is 22.6 Å². The normalized spacial score (nSPS) is 23.6. The van der Waals surface area contributed by atoms with Crippen molar-refractivity contribution < 1.29 is 18.3 Å². The minimum atomic E-state index is -0.527. The zero-order valence-corrected chi connectivity index (χ0v) is 17.7. The van der Waals surface area contributed by atoms with Crippen molar-refractivity contribution in [1.82, 2.24) is 15.2 Å². The van der Waals surface area contributed by atoms with Gasteiger partial charge in [-0.15, -0.1) is 0 Å². The molecule has 1 aromatic heterocycles. The van der Waals surface area contributed by atoms with Gasteiger partial charge < -0.3 is 19.4 Å². The number of carbonyl (C=O) groups excluding carboxylic acids is 1. The highest BCUT2D eigenvalue weighted by atomic mass is 19.1. The number of piperidine rings is 2. The third-order valence-corrected chi connectivity index (χ3v) is 6.72. The van der Waals surface area contributed by atoms with Crippen LogP contribution in [0.15, 0.2) is 40.8 Å². The van der Waals surface area contributed by atoms with Gasteiger partial charge in [-0.05, 0) is 50.9 Å². The third kappa shape index (κ3) is 3.67. The number of nitrogens with zero attached hydrogens (tertiary/aromatic N) is 2. The summed E-state index contributed by atoms with van der Waals surface area (Å²) in [6.45, 7) is 0. The van der Waals surface area contributed by atoms with Crippen molar-refractivity contribution >= 4 is 17.0 Å². The molecule has 3 aromatic rings. The van der Waals surface area contributed by atoms with Crippen LogP contribution in [0, 0.1) is 5.82 Å². The molecule has 2 bridgehead atoms. The Morgan fingerprint density at radius 2 is 1.97 bits per heavy atom. The van der Waals surface area contributed by atoms with E-state index >= 15 is 0 Å². The van der Waals surface area contributed by atoms with E-state index < -0.39 is 5.82 Å². The molecule has 31 heavy (non-hydrogen) atoms. The maximum absolute atomic E-state index is 14.3. The first kappa shape index (κ1) is 20.0. The standard InChI is InChI=1S/C24H26FN3O3/c1-28-16-6-5-7-17(28)13-15(12-16)26-23(29)19-10-14(25)11-21-22(19)27-24(31-21)18-8-3-4-9-20(18)30-2/h3-4,8-11,15-17H,5-7,12-13H2,1-2H3,(H,26,29). The first-order chi connectivity index (χ1) is 15.0. The molecule has 5 rings (SSSR count). The lowest BCUT2D eigenvalue weighted by molar-refractivity contribution is 0.0463. The van der Waals surface area contributed by atoms with Gasteiger partial charge in [-0.1, -0.05) is 18.6 Å². The van der Waals surface area contributed by atoms with Crippen molar-refractivity contribution in [3.8, 4) is 17.2 Å². The van der Waals surface area contributed by atoms with Crippen LogP contribution in [0.4, 0.5) is 4.39 Å². The lowest BCUT2D eigenvalue weighted by Gasteiger charge is -2.47. The summed E-state index contributed by atoms with van der Waals surface area (Å²) >= 11 is 0. The van der Waals surface area contributed by atoms with Gasteiger partial charge >= 0.3 is 0 Å². The Hall–Kier alpha value is -2.93. The Balaban J connectivity index is 1.45. The monoisotopic (exact) mass is 423 g/mol. The van der Waals surface area contributed by atoms with Crippen molar-refractivity contribution in [1.29, 1.82) is 0 Å². The minimum absolute atomic E-state index is 0.0814. The van der Waals surface area contributed by atoms with Gasteiger partial charge in [-0.2, -0.15) is 0 Å². The molecule has 1 N–H and O–H groups in total. The van der Waals surface area contributed by atoms with Crippen molar-refractivity contribution in [3.63, 3.8) is 0 Å². The number of fused-ring (bicyclic) bond motifs is 3. The summed E-state index contributed by atoms with van der Waals surface area (Å²) in [7, 11) is 3.74. The summed E-state index contributed by atoms with van der Waals surface area (Å²) in [6, 6.07) is 10.9. The SMILES string of the molecule is COc1ccccc1-c1nc2c(C(=O)NC3CC4CCCC(C3)N4C)cc(F)cc2o1. The second-order valence-corrected chi connectivity index (χ2v) is 8.57. The van der Waals surface area contributed by atoms with Crippen molar-refractivity contribution in [3.05, 3.63) is 47.8 Å². The summed E-state index contributed by atoms with van der Waals surface area (Å²) in [6.07, 6.45) is 5.41. The fourth-order valence-corrected chi connectivity index (χ4v) is 5.10. The van der Waals surface area contributed by atoms with Crippen LogP contribution in [0.2, 0.25) is 0 Å². The zero-order chi connectivity index (χ0) is 21.5. The average Bonchev–Trinajstić information content (AvgIpc) is 3.17. The molecular weight excluding hydrogens is 397 g/mol. The van der Waals surface area contributed by atoms with Crippen LogP contribution in [-0.2, 0) is 0 Å². The van der Waals surface area contributed by atoms with E-state index in [0.29, 0.717) is 34.8 Å². The molecule has 2 aromatic carbocycles. The molecule has 2 atom stereocenters. The first-order valence-electron chi connectivity index (χ1n) is 10.8. The molecule has 7 heteroatoms. The van der Waals surface area contributed by atoms with Crippen LogP contribution in [-0.4, -0.2) is 48.1 Å². The molecule has 2 aliphatic heterocycles. The summed E-state index contributed by atoms with van der Waals surface area (Å²) < 4.78 is 25.5. The number of halogens is 1. The number of aromatic nitrogens is 1. The zero-order valence-electron chi connectivity index (χ0n) is 17.7. The molecule has 162 valence electrons. The van der Waals surface area contributed by atoms with Gasteiger partial charge in [0.1, 0.15) is 17.1 Å². The van der Waals surface area contributed by atoms with Gasteiger partial charge in [0.25, 0.3) is 5.91 Å². The number of amides is 1. The fourth-order valence-electron chi connectivity index (χ4n) is 5.10. The lowest BCUT2D eigenvalue weighted by atomic mass is 9.82. The Morgan fingerprint density at radius 3 is 2.71 bits per heavy atom. The van der Waals surface area contributed by atoms with E-state index in [1.165, 1.54) is 18.6 Å². The van der Waals surface area contributed by atoms with Crippen LogP contribution in [0.5, 0.6) is 5.75 Å². The topological polar surface area (TPSA) is 67.6 Å². The Bertz CT molecular complexity index is 1110. The van der Waals surface area contributed by atoms with Gasteiger partial charge in [-0.25, -0.2) is 9.37 Å². The molecular formula is C24H26FN3O3.